The molecular formula is C25H19BrN4O4. The van der Waals surface area contributed by atoms with E-state index < -0.39 is 5.97 Å². The predicted octanol–water partition coefficient (Wildman–Crippen LogP) is 4.98. The first kappa shape index (κ1) is 22.0. The van der Waals surface area contributed by atoms with E-state index in [1.165, 1.54) is 6.20 Å². The van der Waals surface area contributed by atoms with E-state index in [2.05, 4.69) is 36.4 Å². The van der Waals surface area contributed by atoms with E-state index in [4.69, 9.17) is 9.15 Å². The number of esters is 1. The maximum absolute atomic E-state index is 13.0. The van der Waals surface area contributed by atoms with Gasteiger partial charge in [-0.25, -0.2) is 10.2 Å². The van der Waals surface area contributed by atoms with E-state index in [-0.39, 0.29) is 11.7 Å². The topological polar surface area (TPSA) is 107 Å². The number of aromatic nitrogens is 2. The van der Waals surface area contributed by atoms with Crippen LogP contribution < -0.4 is 10.2 Å². The molecule has 0 atom stereocenters. The third kappa shape index (κ3) is 4.22. The van der Waals surface area contributed by atoms with Crippen LogP contribution in [-0.4, -0.2) is 27.6 Å². The molecule has 1 aliphatic carbocycles. The van der Waals surface area contributed by atoms with Crippen molar-refractivity contribution in [2.75, 3.05) is 0 Å². The van der Waals surface area contributed by atoms with Crippen molar-refractivity contribution < 1.29 is 18.7 Å². The van der Waals surface area contributed by atoms with E-state index in [9.17, 15) is 9.59 Å². The molecule has 0 unspecified atom stereocenters. The van der Waals surface area contributed by atoms with Gasteiger partial charge in [0.15, 0.2) is 5.75 Å². The number of rotatable bonds is 4. The van der Waals surface area contributed by atoms with Gasteiger partial charge in [0.25, 0.3) is 5.91 Å². The van der Waals surface area contributed by atoms with Gasteiger partial charge in [-0.15, -0.1) is 0 Å². The maximum atomic E-state index is 13.0. The second kappa shape index (κ2) is 9.18. The van der Waals surface area contributed by atoms with Gasteiger partial charge in [0.1, 0.15) is 11.3 Å². The fourth-order valence-corrected chi connectivity index (χ4v) is 4.36. The summed E-state index contributed by atoms with van der Waals surface area (Å²) in [4.78, 5) is 33.8. The molecule has 0 saturated heterocycles. The van der Waals surface area contributed by atoms with Crippen LogP contribution in [0.5, 0.6) is 5.75 Å². The number of nitrogens with one attached hydrogen (secondary N) is 1. The molecule has 170 valence electrons. The molecular weight excluding hydrogens is 500 g/mol. The molecule has 0 spiro atoms. The van der Waals surface area contributed by atoms with Gasteiger partial charge in [-0.1, -0.05) is 18.2 Å². The van der Waals surface area contributed by atoms with E-state index in [0.29, 0.717) is 51.2 Å². The summed E-state index contributed by atoms with van der Waals surface area (Å²) >= 11 is 3.30. The second-order valence-corrected chi connectivity index (χ2v) is 8.74. The van der Waals surface area contributed by atoms with E-state index >= 15 is 0 Å². The van der Waals surface area contributed by atoms with Gasteiger partial charge in [0.05, 0.1) is 11.3 Å². The standard InChI is InChI=1S/C25H19BrN4O4/c1-14-21-18(29-30-24(31)16-11-17(26)13-27-12-16)7-3-8-19(21)33-23(14)25(32)34-20-9-2-5-15-6-4-10-28-22(15)20/h2,4-6,9-13H,3,7-8H2,1H3,(H,30,31)/b29-18+. The van der Waals surface area contributed by atoms with Crippen LogP contribution in [0.4, 0.5) is 0 Å². The Morgan fingerprint density at radius 2 is 2.03 bits per heavy atom. The highest BCUT2D eigenvalue weighted by Crippen LogP contribution is 2.31. The van der Waals surface area contributed by atoms with Gasteiger partial charge < -0.3 is 9.15 Å². The molecule has 34 heavy (non-hydrogen) atoms. The van der Waals surface area contributed by atoms with Gasteiger partial charge in [0, 0.05) is 46.0 Å². The third-order valence-electron chi connectivity index (χ3n) is 5.57. The van der Waals surface area contributed by atoms with E-state index in [1.54, 1.807) is 37.5 Å². The Morgan fingerprint density at radius 1 is 1.18 bits per heavy atom. The minimum absolute atomic E-state index is 0.120. The fourth-order valence-electron chi connectivity index (χ4n) is 4.00. The van der Waals surface area contributed by atoms with Crippen LogP contribution in [0.1, 0.15) is 50.6 Å². The van der Waals surface area contributed by atoms with Crippen LogP contribution in [0.2, 0.25) is 0 Å². The highest BCUT2D eigenvalue weighted by Gasteiger charge is 2.29. The normalized spacial score (nSPS) is 14.1. The Balaban J connectivity index is 1.41. The summed E-state index contributed by atoms with van der Waals surface area (Å²) in [7, 11) is 0. The van der Waals surface area contributed by atoms with E-state index in [0.717, 1.165) is 17.4 Å². The Kier molecular flexibility index (Phi) is 5.93. The number of amides is 1. The van der Waals surface area contributed by atoms with Crippen LogP contribution in [-0.2, 0) is 6.42 Å². The lowest BCUT2D eigenvalue weighted by atomic mass is 9.93. The van der Waals surface area contributed by atoms with Crippen LogP contribution in [0.15, 0.2) is 69.0 Å². The molecule has 1 N–H and O–H groups in total. The molecule has 8 nitrogen and oxygen atoms in total. The highest BCUT2D eigenvalue weighted by molar-refractivity contribution is 9.10. The van der Waals surface area contributed by atoms with Crippen LogP contribution in [0, 0.1) is 6.92 Å². The minimum atomic E-state index is -0.603. The van der Waals surface area contributed by atoms with Gasteiger partial charge in [-0.3, -0.25) is 14.8 Å². The molecule has 9 heteroatoms. The first-order valence-electron chi connectivity index (χ1n) is 10.7. The van der Waals surface area contributed by atoms with Crippen LogP contribution in [0.25, 0.3) is 10.9 Å². The summed E-state index contributed by atoms with van der Waals surface area (Å²) in [5.74, 6) is 0.158. The first-order valence-corrected chi connectivity index (χ1v) is 11.5. The first-order chi connectivity index (χ1) is 16.5. The summed E-state index contributed by atoms with van der Waals surface area (Å²) in [5, 5.41) is 5.21. The monoisotopic (exact) mass is 518 g/mol. The van der Waals surface area contributed by atoms with Gasteiger partial charge in [-0.2, -0.15) is 5.10 Å². The Morgan fingerprint density at radius 3 is 2.88 bits per heavy atom. The number of hydrogen-bond donors (Lipinski definition) is 1. The zero-order valence-electron chi connectivity index (χ0n) is 18.2. The summed E-state index contributed by atoms with van der Waals surface area (Å²) in [5.41, 5.74) is 5.59. The number of nitrogens with zero attached hydrogens (tertiary/aromatic N) is 3. The fraction of sp³-hybridized carbons (Fsp3) is 0.160. The lowest BCUT2D eigenvalue weighted by Crippen LogP contribution is -2.22. The number of furan rings is 1. The van der Waals surface area contributed by atoms with Gasteiger partial charge in [0.2, 0.25) is 5.76 Å². The van der Waals surface area contributed by atoms with E-state index in [1.807, 2.05) is 18.2 Å². The second-order valence-electron chi connectivity index (χ2n) is 7.82. The quantitative estimate of drug-likeness (QED) is 0.232. The van der Waals surface area contributed by atoms with Crippen LogP contribution >= 0.6 is 15.9 Å². The molecule has 3 heterocycles. The minimum Gasteiger partial charge on any atom is -0.453 e. The molecule has 1 aromatic carbocycles. The highest BCUT2D eigenvalue weighted by atomic mass is 79.9. The molecule has 5 rings (SSSR count). The number of fused-ring (bicyclic) bond motifs is 2. The van der Waals surface area contributed by atoms with Gasteiger partial charge >= 0.3 is 5.97 Å². The average Bonchev–Trinajstić information content (AvgIpc) is 3.20. The van der Waals surface area contributed by atoms with Crippen molar-refractivity contribution in [3.05, 3.63) is 87.7 Å². The number of hydrogen-bond acceptors (Lipinski definition) is 7. The molecule has 4 aromatic rings. The molecule has 0 bridgehead atoms. The van der Waals surface area contributed by atoms with Crippen molar-refractivity contribution in [3.63, 3.8) is 0 Å². The Labute approximate surface area is 203 Å². The Bertz CT molecular complexity index is 1460. The number of carbonyl (C=O) groups excluding carboxylic acids is 2. The molecule has 0 radical (unpaired) electrons. The molecule has 0 saturated carbocycles. The lowest BCUT2D eigenvalue weighted by Gasteiger charge is -2.13. The number of halogens is 1. The third-order valence-corrected chi connectivity index (χ3v) is 6.00. The van der Waals surface area contributed by atoms with Crippen molar-refractivity contribution in [1.29, 1.82) is 0 Å². The average molecular weight is 519 g/mol. The number of hydrazone groups is 1. The number of benzene rings is 1. The van der Waals surface area contributed by atoms with Crippen molar-refractivity contribution in [1.82, 2.24) is 15.4 Å². The molecule has 0 aliphatic heterocycles. The summed E-state index contributed by atoms with van der Waals surface area (Å²) in [6.45, 7) is 1.79. The number of aryl methyl sites for hydroxylation is 1. The predicted molar refractivity (Wildman–Crippen MR) is 129 cm³/mol. The summed E-state index contributed by atoms with van der Waals surface area (Å²) in [6, 6.07) is 10.8. The number of para-hydroxylation sites is 1. The maximum Gasteiger partial charge on any atom is 0.380 e. The molecule has 0 fully saturated rings. The largest absolute Gasteiger partial charge is 0.453 e. The van der Waals surface area contributed by atoms with Crippen molar-refractivity contribution >= 4 is 44.4 Å². The summed E-state index contributed by atoms with van der Waals surface area (Å²) < 4.78 is 12.3. The smallest absolute Gasteiger partial charge is 0.380 e. The number of carbonyl (C=O) groups is 2. The van der Waals surface area contributed by atoms with Gasteiger partial charge in [-0.05, 0) is 53.9 Å². The summed E-state index contributed by atoms with van der Waals surface area (Å²) in [6.07, 6.45) is 6.81. The van der Waals surface area contributed by atoms with Crippen molar-refractivity contribution in [2.24, 2.45) is 5.10 Å². The van der Waals surface area contributed by atoms with Crippen molar-refractivity contribution in [3.8, 4) is 5.75 Å². The SMILES string of the molecule is Cc1c(C(=O)Oc2cccc3cccnc23)oc2c1/C(=N/NC(=O)c1cncc(Br)c1)CCC2. The zero-order valence-corrected chi connectivity index (χ0v) is 19.8. The Hall–Kier alpha value is -3.85. The molecule has 1 aliphatic rings. The van der Waals surface area contributed by atoms with Crippen LogP contribution in [0.3, 0.4) is 0 Å². The lowest BCUT2D eigenvalue weighted by molar-refractivity contribution is 0.0700. The zero-order chi connectivity index (χ0) is 23.7. The molecule has 1 amide bonds. The number of ether oxygens (including phenoxy) is 1. The number of pyridine rings is 2. The molecule has 3 aromatic heterocycles. The van der Waals surface area contributed by atoms with Crippen molar-refractivity contribution in [2.45, 2.75) is 26.2 Å².